The molecule has 3 aromatic rings. The standard InChI is InChI=1S/C35H34ClFN6O2/c36-26-9-11-32(39-20-26)41-34(45)43-21-24(23-4-2-1-3-5-23)18-31(43)33(44)40-30-19-25(8-10-28(30)37)35(15-12-22-6-7-22)27-13-16-38-17-14-29(27)42-35/h1-5,8-11,13-14,16-17,19-20,22,24,29,31,42H,6-7,12,15,18,21H2,(H,40,44)(H,39,41,45)/t24-,29?,31+,35?/m0/s1. The van der Waals surface area contributed by atoms with Gasteiger partial charge in [0.05, 0.1) is 22.3 Å². The number of hydrogen-bond donors (Lipinski definition) is 3. The molecule has 0 radical (unpaired) electrons. The number of benzene rings is 2. The number of aliphatic imine (C=N–C) groups is 1. The molecule has 0 bridgehead atoms. The molecule has 7 rings (SSSR count). The fraction of sp³-hybridized carbons (Fsp3) is 0.314. The van der Waals surface area contributed by atoms with E-state index in [0.717, 1.165) is 29.9 Å². The minimum absolute atomic E-state index is 0.0606. The van der Waals surface area contributed by atoms with Crippen molar-refractivity contribution in [2.45, 2.75) is 55.6 Å². The molecule has 45 heavy (non-hydrogen) atoms. The summed E-state index contributed by atoms with van der Waals surface area (Å²) in [6, 6.07) is 16.8. The number of halogens is 2. The van der Waals surface area contributed by atoms with Gasteiger partial charge in [-0.25, -0.2) is 14.2 Å². The van der Waals surface area contributed by atoms with Crippen LogP contribution in [0.4, 0.5) is 20.7 Å². The normalized spacial score (nSPS) is 25.2. The number of allylic oxidation sites excluding steroid dienone is 1. The molecule has 3 amide bonds. The zero-order valence-corrected chi connectivity index (χ0v) is 25.4. The molecule has 10 heteroatoms. The Kier molecular flexibility index (Phi) is 7.97. The summed E-state index contributed by atoms with van der Waals surface area (Å²) in [7, 11) is 0. The molecule has 4 atom stereocenters. The van der Waals surface area contributed by atoms with Crippen LogP contribution in [0.2, 0.25) is 5.02 Å². The zero-order valence-electron chi connectivity index (χ0n) is 24.6. The summed E-state index contributed by atoms with van der Waals surface area (Å²) in [5.41, 5.74) is 2.73. The van der Waals surface area contributed by atoms with Gasteiger partial charge in [-0.1, -0.05) is 60.8 Å². The van der Waals surface area contributed by atoms with E-state index in [2.05, 4.69) is 25.9 Å². The SMILES string of the molecule is O=C(Nc1cc(C2(CCC3CC3)NC3C=CN=CC=C32)ccc1F)[C@H]1C[C@H](c2ccccc2)CN1C(=O)Nc1ccc(Cl)cn1. The van der Waals surface area contributed by atoms with Crippen molar-refractivity contribution < 1.29 is 14.0 Å². The molecule has 2 unspecified atom stereocenters. The lowest BCUT2D eigenvalue weighted by Gasteiger charge is -2.52. The molecule has 4 heterocycles. The lowest BCUT2D eigenvalue weighted by molar-refractivity contribution is -0.119. The molecule has 1 aliphatic carbocycles. The van der Waals surface area contributed by atoms with Gasteiger partial charge in [0.2, 0.25) is 5.91 Å². The molecule has 0 spiro atoms. The Balaban J connectivity index is 1.15. The number of carbonyl (C=O) groups is 2. The summed E-state index contributed by atoms with van der Waals surface area (Å²) in [6.07, 6.45) is 13.9. The Bertz CT molecular complexity index is 1690. The van der Waals surface area contributed by atoms with E-state index in [1.165, 1.54) is 35.6 Å². The fourth-order valence-electron chi connectivity index (χ4n) is 6.77. The summed E-state index contributed by atoms with van der Waals surface area (Å²) in [6.45, 7) is 0.322. The van der Waals surface area contributed by atoms with E-state index < -0.39 is 29.3 Å². The molecular weight excluding hydrogens is 591 g/mol. The second kappa shape index (κ2) is 12.2. The number of anilines is 2. The van der Waals surface area contributed by atoms with Gasteiger partial charge in [0, 0.05) is 31.1 Å². The summed E-state index contributed by atoms with van der Waals surface area (Å²) in [5.74, 6) is -0.00528. The maximum atomic E-state index is 15.4. The van der Waals surface area contributed by atoms with Crippen LogP contribution < -0.4 is 16.0 Å². The number of rotatable bonds is 8. The van der Waals surface area contributed by atoms with Crippen molar-refractivity contribution in [3.63, 3.8) is 0 Å². The summed E-state index contributed by atoms with van der Waals surface area (Å²) in [5, 5.41) is 9.79. The average molecular weight is 625 g/mol. The quantitative estimate of drug-likeness (QED) is 0.257. The van der Waals surface area contributed by atoms with Crippen LogP contribution >= 0.6 is 11.6 Å². The number of fused-ring (bicyclic) bond motifs is 1. The summed E-state index contributed by atoms with van der Waals surface area (Å²) in [4.78, 5) is 37.4. The predicted molar refractivity (Wildman–Crippen MR) is 174 cm³/mol. The van der Waals surface area contributed by atoms with E-state index in [9.17, 15) is 9.59 Å². The third kappa shape index (κ3) is 6.02. The molecule has 4 aliphatic rings. The molecule has 3 fully saturated rings. The van der Waals surface area contributed by atoms with Gasteiger partial charge >= 0.3 is 6.03 Å². The van der Waals surface area contributed by atoms with Gasteiger partial charge in [0.25, 0.3) is 0 Å². The Morgan fingerprint density at radius 2 is 1.93 bits per heavy atom. The second-order valence-corrected chi connectivity index (χ2v) is 12.7. The predicted octanol–water partition coefficient (Wildman–Crippen LogP) is 6.78. The molecule has 1 saturated carbocycles. The van der Waals surface area contributed by atoms with Gasteiger partial charge in [-0.05, 0) is 78.3 Å². The Hall–Kier alpha value is -4.34. The second-order valence-electron chi connectivity index (χ2n) is 12.3. The third-order valence-corrected chi connectivity index (χ3v) is 9.60. The molecular formula is C35H34ClFN6O2. The van der Waals surface area contributed by atoms with Crippen LogP contribution in [-0.2, 0) is 10.3 Å². The van der Waals surface area contributed by atoms with Crippen LogP contribution in [0.1, 0.15) is 49.1 Å². The van der Waals surface area contributed by atoms with Crippen molar-refractivity contribution in [3.8, 4) is 0 Å². The molecule has 2 aromatic carbocycles. The summed E-state index contributed by atoms with van der Waals surface area (Å²) >= 11 is 5.96. The number of carbonyl (C=O) groups excluding carboxylic acids is 2. The number of nitrogens with zero attached hydrogens (tertiary/aromatic N) is 3. The Labute approximate surface area is 266 Å². The van der Waals surface area contributed by atoms with E-state index in [4.69, 9.17) is 11.6 Å². The number of nitrogens with one attached hydrogen (secondary N) is 3. The van der Waals surface area contributed by atoms with Crippen LogP contribution in [0, 0.1) is 11.7 Å². The number of likely N-dealkylation sites (tertiary alicyclic amines) is 1. The van der Waals surface area contributed by atoms with Crippen molar-refractivity contribution in [3.05, 3.63) is 113 Å². The number of aromatic nitrogens is 1. The van der Waals surface area contributed by atoms with Crippen LogP contribution in [0.5, 0.6) is 0 Å². The highest BCUT2D eigenvalue weighted by Gasteiger charge is 2.49. The van der Waals surface area contributed by atoms with Gasteiger partial charge in [-0.3, -0.25) is 20.4 Å². The molecule has 1 aromatic heterocycles. The lowest BCUT2D eigenvalue weighted by Crippen LogP contribution is -2.62. The first-order chi connectivity index (χ1) is 21.9. The van der Waals surface area contributed by atoms with Crippen molar-refractivity contribution in [2.75, 3.05) is 17.2 Å². The van der Waals surface area contributed by atoms with Gasteiger partial charge in [-0.15, -0.1) is 0 Å². The Morgan fingerprint density at radius 3 is 2.71 bits per heavy atom. The van der Waals surface area contributed by atoms with E-state index in [1.54, 1.807) is 36.7 Å². The van der Waals surface area contributed by atoms with Crippen LogP contribution in [0.25, 0.3) is 0 Å². The largest absolute Gasteiger partial charge is 0.323 e. The molecule has 3 N–H and O–H groups in total. The number of pyridine rings is 1. The van der Waals surface area contributed by atoms with E-state index in [0.29, 0.717) is 23.8 Å². The van der Waals surface area contributed by atoms with Crippen LogP contribution in [0.3, 0.4) is 0 Å². The first-order valence-corrected chi connectivity index (χ1v) is 15.8. The molecule has 2 saturated heterocycles. The van der Waals surface area contributed by atoms with Crippen LogP contribution in [0.15, 0.2) is 95.8 Å². The third-order valence-electron chi connectivity index (χ3n) is 9.37. The number of urea groups is 1. The average Bonchev–Trinajstić information content (AvgIpc) is 3.80. The minimum atomic E-state index is -0.827. The van der Waals surface area contributed by atoms with Crippen molar-refractivity contribution in [1.82, 2.24) is 15.2 Å². The van der Waals surface area contributed by atoms with Crippen molar-refractivity contribution in [1.29, 1.82) is 0 Å². The molecule has 8 nitrogen and oxygen atoms in total. The maximum Gasteiger partial charge on any atom is 0.323 e. The highest BCUT2D eigenvalue weighted by molar-refractivity contribution is 6.30. The van der Waals surface area contributed by atoms with Gasteiger partial charge in [0.1, 0.15) is 17.7 Å². The van der Waals surface area contributed by atoms with Gasteiger partial charge in [0.15, 0.2) is 0 Å². The van der Waals surface area contributed by atoms with Crippen molar-refractivity contribution >= 4 is 41.3 Å². The fourth-order valence-corrected chi connectivity index (χ4v) is 6.88. The monoisotopic (exact) mass is 624 g/mol. The number of hydrogen-bond acceptors (Lipinski definition) is 5. The van der Waals surface area contributed by atoms with E-state index >= 15 is 4.39 Å². The molecule has 230 valence electrons. The number of amides is 3. The lowest BCUT2D eigenvalue weighted by atomic mass is 9.68. The van der Waals surface area contributed by atoms with E-state index in [-0.39, 0.29) is 17.6 Å². The van der Waals surface area contributed by atoms with Gasteiger partial charge in [-0.2, -0.15) is 0 Å². The van der Waals surface area contributed by atoms with Crippen molar-refractivity contribution in [2.24, 2.45) is 10.9 Å². The van der Waals surface area contributed by atoms with Crippen LogP contribution in [-0.4, -0.2) is 46.7 Å². The zero-order chi connectivity index (χ0) is 31.0. The maximum absolute atomic E-state index is 15.4. The van der Waals surface area contributed by atoms with E-state index in [1.807, 2.05) is 42.5 Å². The first kappa shape index (κ1) is 29.4. The summed E-state index contributed by atoms with van der Waals surface area (Å²) < 4.78 is 15.4. The molecule has 3 aliphatic heterocycles. The highest BCUT2D eigenvalue weighted by Crippen LogP contribution is 2.48. The first-order valence-electron chi connectivity index (χ1n) is 15.4. The highest BCUT2D eigenvalue weighted by atomic mass is 35.5. The smallest absolute Gasteiger partial charge is 0.322 e. The Morgan fingerprint density at radius 1 is 1.09 bits per heavy atom. The minimum Gasteiger partial charge on any atom is -0.322 e. The van der Waals surface area contributed by atoms with Gasteiger partial charge < -0.3 is 10.2 Å². The topological polar surface area (TPSA) is 98.7 Å².